The van der Waals surface area contributed by atoms with Gasteiger partial charge in [0.15, 0.2) is 17.4 Å². The van der Waals surface area contributed by atoms with E-state index in [0.29, 0.717) is 30.4 Å². The van der Waals surface area contributed by atoms with Gasteiger partial charge in [-0.05, 0) is 12.1 Å². The number of hydrogen-bond donors (Lipinski definition) is 1. The van der Waals surface area contributed by atoms with Gasteiger partial charge in [-0.3, -0.25) is 0 Å². The molecule has 1 aliphatic heterocycles. The van der Waals surface area contributed by atoms with E-state index in [1.165, 1.54) is 6.07 Å². The van der Waals surface area contributed by atoms with E-state index in [0.717, 1.165) is 6.42 Å². The van der Waals surface area contributed by atoms with Gasteiger partial charge in [0.2, 0.25) is 0 Å². The summed E-state index contributed by atoms with van der Waals surface area (Å²) >= 11 is 0. The van der Waals surface area contributed by atoms with Crippen LogP contribution in [0.15, 0.2) is 18.2 Å². The number of nitrogens with zero attached hydrogens (tertiary/aromatic N) is 1. The van der Waals surface area contributed by atoms with E-state index in [2.05, 4.69) is 5.32 Å². The molecule has 1 aliphatic rings. The van der Waals surface area contributed by atoms with E-state index in [1.807, 2.05) is 0 Å². The Morgan fingerprint density at radius 1 is 1.25 bits per heavy atom. The van der Waals surface area contributed by atoms with Gasteiger partial charge in [0, 0.05) is 24.7 Å². The van der Waals surface area contributed by atoms with Crippen molar-refractivity contribution in [1.82, 2.24) is 0 Å². The summed E-state index contributed by atoms with van der Waals surface area (Å²) < 4.78 is 48.2. The Labute approximate surface area is 114 Å². The van der Waals surface area contributed by atoms with Gasteiger partial charge in [-0.1, -0.05) is 0 Å². The average Bonchev–Trinajstić information content (AvgIpc) is 2.62. The number of ether oxygens (including phenoxy) is 2. The van der Waals surface area contributed by atoms with Crippen LogP contribution in [0.1, 0.15) is 6.42 Å². The monoisotopic (exact) mass is 286 g/mol. The second-order valence-electron chi connectivity index (χ2n) is 4.32. The molecule has 1 aromatic rings. The maximum Gasteiger partial charge on any atom is 0.406 e. The van der Waals surface area contributed by atoms with Crippen molar-refractivity contribution in [3.05, 3.63) is 18.2 Å². The summed E-state index contributed by atoms with van der Waals surface area (Å²) in [4.78, 5) is 0. The molecule has 0 aromatic heterocycles. The molecule has 1 unspecified atom stereocenters. The van der Waals surface area contributed by atoms with E-state index in [4.69, 9.17) is 14.7 Å². The van der Waals surface area contributed by atoms with Crippen LogP contribution in [0.25, 0.3) is 0 Å². The van der Waals surface area contributed by atoms with Crippen molar-refractivity contribution in [3.8, 4) is 17.6 Å². The average molecular weight is 286 g/mol. The molecule has 0 saturated heterocycles. The van der Waals surface area contributed by atoms with E-state index in [-0.39, 0.29) is 0 Å². The number of nitrogens with one attached hydrogen (secondary N) is 1. The third kappa shape index (κ3) is 3.47. The van der Waals surface area contributed by atoms with Crippen LogP contribution in [-0.4, -0.2) is 25.9 Å². The standard InChI is InChI=1S/C13H13F3N2O2/c14-13(15,16)9(7-17)8-18-10-2-3-11-12(6-10)20-5-1-4-19-11/h2-3,6,9,18H,1,4-5,8H2. The third-order valence-corrected chi connectivity index (χ3v) is 2.81. The topological polar surface area (TPSA) is 54.3 Å². The summed E-state index contributed by atoms with van der Waals surface area (Å²) in [5.41, 5.74) is 0.457. The minimum absolute atomic E-state index is 0.457. The Morgan fingerprint density at radius 2 is 1.95 bits per heavy atom. The number of halogens is 3. The molecule has 0 saturated carbocycles. The lowest BCUT2D eigenvalue weighted by Gasteiger charge is -2.15. The first-order valence-electron chi connectivity index (χ1n) is 6.10. The number of alkyl halides is 3. The molecule has 20 heavy (non-hydrogen) atoms. The highest BCUT2D eigenvalue weighted by atomic mass is 19.4. The molecule has 0 aliphatic carbocycles. The lowest BCUT2D eigenvalue weighted by Crippen LogP contribution is -2.28. The molecule has 0 bridgehead atoms. The molecule has 108 valence electrons. The van der Waals surface area contributed by atoms with Crippen molar-refractivity contribution >= 4 is 5.69 Å². The van der Waals surface area contributed by atoms with Gasteiger partial charge in [0.05, 0.1) is 19.3 Å². The highest BCUT2D eigenvalue weighted by Gasteiger charge is 2.39. The van der Waals surface area contributed by atoms with Crippen molar-refractivity contribution in [2.24, 2.45) is 5.92 Å². The summed E-state index contributed by atoms with van der Waals surface area (Å²) in [5.74, 6) is -0.979. The molecule has 0 amide bonds. The maximum atomic E-state index is 12.4. The summed E-state index contributed by atoms with van der Waals surface area (Å²) in [6.07, 6.45) is -3.78. The second-order valence-corrected chi connectivity index (χ2v) is 4.32. The van der Waals surface area contributed by atoms with Gasteiger partial charge in [-0.15, -0.1) is 0 Å². The molecule has 0 radical (unpaired) electrons. The van der Waals surface area contributed by atoms with E-state index >= 15 is 0 Å². The fourth-order valence-electron chi connectivity index (χ4n) is 1.73. The van der Waals surface area contributed by atoms with Crippen LogP contribution >= 0.6 is 0 Å². The molecule has 4 nitrogen and oxygen atoms in total. The smallest absolute Gasteiger partial charge is 0.406 e. The first kappa shape index (κ1) is 14.3. The van der Waals surface area contributed by atoms with Gasteiger partial charge in [0.1, 0.15) is 0 Å². The SMILES string of the molecule is N#CC(CNc1ccc2c(c1)OCCCO2)C(F)(F)F. The minimum Gasteiger partial charge on any atom is -0.490 e. The van der Waals surface area contributed by atoms with Gasteiger partial charge < -0.3 is 14.8 Å². The Kier molecular flexibility index (Phi) is 4.23. The van der Waals surface area contributed by atoms with Crippen molar-refractivity contribution in [1.29, 1.82) is 5.26 Å². The lowest BCUT2D eigenvalue weighted by atomic mass is 10.1. The predicted octanol–water partition coefficient (Wildman–Crippen LogP) is 2.96. The summed E-state index contributed by atoms with van der Waals surface area (Å²) in [5, 5.41) is 11.1. The van der Waals surface area contributed by atoms with E-state index in [1.54, 1.807) is 18.2 Å². The van der Waals surface area contributed by atoms with Crippen LogP contribution in [0.2, 0.25) is 0 Å². The van der Waals surface area contributed by atoms with Crippen LogP contribution in [0.5, 0.6) is 11.5 Å². The van der Waals surface area contributed by atoms with Gasteiger partial charge in [0.25, 0.3) is 0 Å². The van der Waals surface area contributed by atoms with Crippen LogP contribution in [0.3, 0.4) is 0 Å². The van der Waals surface area contributed by atoms with Crippen LogP contribution in [0.4, 0.5) is 18.9 Å². The van der Waals surface area contributed by atoms with E-state index < -0.39 is 18.6 Å². The quantitative estimate of drug-likeness (QED) is 0.928. The second kappa shape index (κ2) is 5.90. The molecule has 7 heteroatoms. The molecule has 1 atom stereocenters. The fraction of sp³-hybridized carbons (Fsp3) is 0.462. The number of hydrogen-bond acceptors (Lipinski definition) is 4. The molecular weight excluding hydrogens is 273 g/mol. The van der Waals surface area contributed by atoms with Crippen molar-refractivity contribution in [2.75, 3.05) is 25.1 Å². The maximum absolute atomic E-state index is 12.4. The van der Waals surface area contributed by atoms with E-state index in [9.17, 15) is 13.2 Å². The first-order chi connectivity index (χ1) is 9.50. The molecule has 1 N–H and O–H groups in total. The van der Waals surface area contributed by atoms with Gasteiger partial charge >= 0.3 is 6.18 Å². The first-order valence-corrected chi connectivity index (χ1v) is 6.10. The minimum atomic E-state index is -4.53. The van der Waals surface area contributed by atoms with Crippen LogP contribution in [-0.2, 0) is 0 Å². The number of benzene rings is 1. The zero-order valence-corrected chi connectivity index (χ0v) is 10.5. The molecule has 1 heterocycles. The molecule has 2 rings (SSSR count). The van der Waals surface area contributed by atoms with Crippen molar-refractivity contribution < 1.29 is 22.6 Å². The number of anilines is 1. The van der Waals surface area contributed by atoms with Crippen molar-refractivity contribution in [2.45, 2.75) is 12.6 Å². The molecule has 1 aromatic carbocycles. The Morgan fingerprint density at radius 3 is 2.60 bits per heavy atom. The Hall–Kier alpha value is -2.10. The summed E-state index contributed by atoms with van der Waals surface area (Å²) in [7, 11) is 0. The summed E-state index contributed by atoms with van der Waals surface area (Å²) in [6.45, 7) is 0.545. The zero-order valence-electron chi connectivity index (χ0n) is 10.5. The highest BCUT2D eigenvalue weighted by Crippen LogP contribution is 2.33. The number of rotatable bonds is 3. The zero-order chi connectivity index (χ0) is 14.6. The fourth-order valence-corrected chi connectivity index (χ4v) is 1.73. The van der Waals surface area contributed by atoms with Crippen LogP contribution in [0, 0.1) is 17.2 Å². The molecular formula is C13H13F3N2O2. The Balaban J connectivity index is 2.04. The lowest BCUT2D eigenvalue weighted by molar-refractivity contribution is -0.155. The normalized spacial score (nSPS) is 15.9. The highest BCUT2D eigenvalue weighted by molar-refractivity contribution is 5.55. The predicted molar refractivity (Wildman–Crippen MR) is 65.7 cm³/mol. The third-order valence-electron chi connectivity index (χ3n) is 2.81. The number of fused-ring (bicyclic) bond motifs is 1. The Bertz CT molecular complexity index is 511. The molecule has 0 fully saturated rings. The largest absolute Gasteiger partial charge is 0.490 e. The van der Waals surface area contributed by atoms with Gasteiger partial charge in [-0.2, -0.15) is 18.4 Å². The summed E-state index contributed by atoms with van der Waals surface area (Å²) in [6, 6.07) is 6.05. The van der Waals surface area contributed by atoms with Gasteiger partial charge in [-0.25, -0.2) is 0 Å². The van der Waals surface area contributed by atoms with Crippen LogP contribution < -0.4 is 14.8 Å². The molecule has 0 spiro atoms. The number of nitriles is 1. The van der Waals surface area contributed by atoms with Crippen molar-refractivity contribution in [3.63, 3.8) is 0 Å².